The maximum absolute atomic E-state index is 12.6. The Morgan fingerprint density at radius 1 is 1.20 bits per heavy atom. The number of amides is 2. The second kappa shape index (κ2) is 8.97. The molecule has 0 aliphatic carbocycles. The van der Waals surface area contributed by atoms with Crippen LogP contribution in [-0.4, -0.2) is 32.8 Å². The Balaban J connectivity index is 1.64. The van der Waals surface area contributed by atoms with Crippen LogP contribution in [0.4, 0.5) is 11.4 Å². The summed E-state index contributed by atoms with van der Waals surface area (Å²) in [6, 6.07) is 13.5. The van der Waals surface area contributed by atoms with Gasteiger partial charge in [-0.05, 0) is 62.2 Å². The lowest BCUT2D eigenvalue weighted by Crippen LogP contribution is -2.32. The Morgan fingerprint density at radius 2 is 1.90 bits per heavy atom. The van der Waals surface area contributed by atoms with Gasteiger partial charge in [-0.25, -0.2) is 13.1 Å². The lowest BCUT2D eigenvalue weighted by atomic mass is 10.1. The molecule has 2 aromatic rings. The first-order valence-electron chi connectivity index (χ1n) is 10.00. The molecule has 1 aliphatic rings. The van der Waals surface area contributed by atoms with Gasteiger partial charge in [0.2, 0.25) is 21.8 Å². The summed E-state index contributed by atoms with van der Waals surface area (Å²) in [7, 11) is -3.60. The normalized spacial score (nSPS) is 17.8. The number of nitrogens with zero attached hydrogens (tertiary/aromatic N) is 1. The third kappa shape index (κ3) is 5.06. The van der Waals surface area contributed by atoms with Crippen molar-refractivity contribution in [3.8, 4) is 0 Å². The first-order chi connectivity index (χ1) is 14.2. The molecule has 160 valence electrons. The Hall–Kier alpha value is -2.71. The van der Waals surface area contributed by atoms with E-state index in [1.165, 1.54) is 12.1 Å². The van der Waals surface area contributed by atoms with Crippen molar-refractivity contribution in [3.05, 3.63) is 54.1 Å². The van der Waals surface area contributed by atoms with Gasteiger partial charge < -0.3 is 10.2 Å². The van der Waals surface area contributed by atoms with Gasteiger partial charge in [-0.2, -0.15) is 0 Å². The van der Waals surface area contributed by atoms with Gasteiger partial charge in [0, 0.05) is 30.4 Å². The number of anilines is 2. The van der Waals surface area contributed by atoms with E-state index in [1.807, 2.05) is 38.1 Å². The molecule has 2 atom stereocenters. The van der Waals surface area contributed by atoms with Crippen molar-refractivity contribution in [2.45, 2.75) is 44.6 Å². The van der Waals surface area contributed by atoms with Crippen LogP contribution in [0.15, 0.2) is 53.4 Å². The molecular formula is C22H27N3O4S. The summed E-state index contributed by atoms with van der Waals surface area (Å²) in [5, 5.41) is 2.79. The van der Waals surface area contributed by atoms with Crippen molar-refractivity contribution in [1.29, 1.82) is 0 Å². The van der Waals surface area contributed by atoms with E-state index in [0.29, 0.717) is 18.7 Å². The third-order valence-electron chi connectivity index (χ3n) is 5.21. The van der Waals surface area contributed by atoms with Crippen molar-refractivity contribution >= 4 is 33.2 Å². The standard InChI is InChI=1S/C22H27N3O4S/c1-4-16(3)24-30(28,29)20-10-8-18(9-11-20)23-22(27)17-13-21(26)25(14-17)19-7-5-6-15(2)12-19/h5-12,16-17,24H,4,13-14H2,1-3H3,(H,23,27). The molecule has 1 aliphatic heterocycles. The highest BCUT2D eigenvalue weighted by Gasteiger charge is 2.35. The van der Waals surface area contributed by atoms with Crippen molar-refractivity contribution in [2.24, 2.45) is 5.92 Å². The van der Waals surface area contributed by atoms with E-state index in [1.54, 1.807) is 24.0 Å². The molecule has 2 aromatic carbocycles. The minimum absolute atomic E-state index is 0.0849. The molecule has 0 aromatic heterocycles. The summed E-state index contributed by atoms with van der Waals surface area (Å²) in [5.74, 6) is -0.807. The van der Waals surface area contributed by atoms with E-state index < -0.39 is 15.9 Å². The van der Waals surface area contributed by atoms with Crippen LogP contribution in [0.25, 0.3) is 0 Å². The second-order valence-electron chi connectivity index (χ2n) is 7.69. The maximum atomic E-state index is 12.6. The zero-order chi connectivity index (χ0) is 21.9. The van der Waals surface area contributed by atoms with E-state index in [4.69, 9.17) is 0 Å². The summed E-state index contributed by atoms with van der Waals surface area (Å²) in [5.41, 5.74) is 2.33. The van der Waals surface area contributed by atoms with E-state index in [9.17, 15) is 18.0 Å². The molecular weight excluding hydrogens is 402 g/mol. The van der Waals surface area contributed by atoms with Crippen LogP contribution in [0.2, 0.25) is 0 Å². The highest BCUT2D eigenvalue weighted by atomic mass is 32.2. The summed E-state index contributed by atoms with van der Waals surface area (Å²) in [6.07, 6.45) is 0.831. The Kier molecular flexibility index (Phi) is 6.58. The molecule has 7 nitrogen and oxygen atoms in total. The van der Waals surface area contributed by atoms with E-state index in [0.717, 1.165) is 11.3 Å². The first-order valence-corrected chi connectivity index (χ1v) is 11.5. The quantitative estimate of drug-likeness (QED) is 0.707. The van der Waals surface area contributed by atoms with Crippen LogP contribution < -0.4 is 14.9 Å². The number of nitrogens with one attached hydrogen (secondary N) is 2. The monoisotopic (exact) mass is 429 g/mol. The Labute approximate surface area is 177 Å². The minimum Gasteiger partial charge on any atom is -0.326 e. The van der Waals surface area contributed by atoms with E-state index in [-0.39, 0.29) is 29.2 Å². The predicted molar refractivity (Wildman–Crippen MR) is 117 cm³/mol. The SMILES string of the molecule is CCC(C)NS(=O)(=O)c1ccc(NC(=O)C2CC(=O)N(c3cccc(C)c3)C2)cc1. The minimum atomic E-state index is -3.60. The van der Waals surface area contributed by atoms with Crippen LogP contribution in [0.1, 0.15) is 32.3 Å². The van der Waals surface area contributed by atoms with Gasteiger partial charge in [0.1, 0.15) is 0 Å². The number of hydrogen-bond acceptors (Lipinski definition) is 4. The summed E-state index contributed by atoms with van der Waals surface area (Å²) >= 11 is 0. The predicted octanol–water partition coefficient (Wildman–Crippen LogP) is 3.06. The Morgan fingerprint density at radius 3 is 2.53 bits per heavy atom. The molecule has 8 heteroatoms. The fraction of sp³-hybridized carbons (Fsp3) is 0.364. The number of benzene rings is 2. The molecule has 0 saturated carbocycles. The highest BCUT2D eigenvalue weighted by molar-refractivity contribution is 7.89. The summed E-state index contributed by atoms with van der Waals surface area (Å²) in [6.45, 7) is 5.98. The largest absolute Gasteiger partial charge is 0.326 e. The van der Waals surface area contributed by atoms with Gasteiger partial charge in [-0.1, -0.05) is 19.1 Å². The second-order valence-corrected chi connectivity index (χ2v) is 9.40. The number of rotatable bonds is 7. The zero-order valence-electron chi connectivity index (χ0n) is 17.4. The molecule has 0 bridgehead atoms. The van der Waals surface area contributed by atoms with Gasteiger partial charge in [-0.3, -0.25) is 9.59 Å². The average molecular weight is 430 g/mol. The van der Waals surface area contributed by atoms with Crippen LogP contribution in [-0.2, 0) is 19.6 Å². The van der Waals surface area contributed by atoms with Gasteiger partial charge in [0.05, 0.1) is 10.8 Å². The molecule has 0 spiro atoms. The van der Waals surface area contributed by atoms with Crippen molar-refractivity contribution < 1.29 is 18.0 Å². The van der Waals surface area contributed by atoms with Crippen molar-refractivity contribution in [1.82, 2.24) is 4.72 Å². The molecule has 30 heavy (non-hydrogen) atoms. The molecule has 1 saturated heterocycles. The molecule has 3 rings (SSSR count). The molecule has 1 fully saturated rings. The fourth-order valence-corrected chi connectivity index (χ4v) is 4.63. The number of carbonyl (C=O) groups is 2. The molecule has 1 heterocycles. The highest BCUT2D eigenvalue weighted by Crippen LogP contribution is 2.27. The molecule has 2 amide bonds. The lowest BCUT2D eigenvalue weighted by molar-refractivity contribution is -0.122. The fourth-order valence-electron chi connectivity index (χ4n) is 3.31. The van der Waals surface area contributed by atoms with Gasteiger partial charge in [-0.15, -0.1) is 0 Å². The van der Waals surface area contributed by atoms with E-state index >= 15 is 0 Å². The Bertz CT molecular complexity index is 1030. The molecule has 0 radical (unpaired) electrons. The van der Waals surface area contributed by atoms with Gasteiger partial charge in [0.15, 0.2) is 0 Å². The van der Waals surface area contributed by atoms with Crippen LogP contribution in [0.3, 0.4) is 0 Å². The maximum Gasteiger partial charge on any atom is 0.240 e. The van der Waals surface area contributed by atoms with Crippen LogP contribution in [0, 0.1) is 12.8 Å². The number of aryl methyl sites for hydroxylation is 1. The lowest BCUT2D eigenvalue weighted by Gasteiger charge is -2.17. The van der Waals surface area contributed by atoms with Gasteiger partial charge in [0.25, 0.3) is 0 Å². The molecule has 2 unspecified atom stereocenters. The van der Waals surface area contributed by atoms with Gasteiger partial charge >= 0.3 is 0 Å². The number of carbonyl (C=O) groups excluding carboxylic acids is 2. The van der Waals surface area contributed by atoms with E-state index in [2.05, 4.69) is 10.0 Å². The number of hydrogen-bond donors (Lipinski definition) is 2. The molecule has 2 N–H and O–H groups in total. The van der Waals surface area contributed by atoms with Crippen LogP contribution in [0.5, 0.6) is 0 Å². The van der Waals surface area contributed by atoms with Crippen molar-refractivity contribution in [3.63, 3.8) is 0 Å². The third-order valence-corrected chi connectivity index (χ3v) is 6.82. The zero-order valence-corrected chi connectivity index (χ0v) is 18.2. The topological polar surface area (TPSA) is 95.6 Å². The summed E-state index contributed by atoms with van der Waals surface area (Å²) in [4.78, 5) is 26.8. The summed E-state index contributed by atoms with van der Waals surface area (Å²) < 4.78 is 27.3. The van der Waals surface area contributed by atoms with Crippen LogP contribution >= 0.6 is 0 Å². The number of sulfonamides is 1. The first kappa shape index (κ1) is 22.0. The smallest absolute Gasteiger partial charge is 0.240 e. The van der Waals surface area contributed by atoms with Crippen molar-refractivity contribution in [2.75, 3.05) is 16.8 Å². The average Bonchev–Trinajstić information content (AvgIpc) is 3.10.